The largest absolute Gasteiger partial charge is 0.496 e. The molecule has 0 aliphatic carbocycles. The highest BCUT2D eigenvalue weighted by Gasteiger charge is 2.36. The van der Waals surface area contributed by atoms with Gasteiger partial charge in [0.05, 0.1) is 23.0 Å². The van der Waals surface area contributed by atoms with Crippen molar-refractivity contribution in [3.8, 4) is 5.75 Å². The minimum Gasteiger partial charge on any atom is -0.496 e. The molecule has 0 aliphatic rings. The number of amides is 1. The number of rotatable bonds is 7. The number of thiocarbonyl (C=S) groups is 1. The van der Waals surface area contributed by atoms with Gasteiger partial charge in [0, 0.05) is 6.07 Å². The zero-order valence-corrected chi connectivity index (χ0v) is 19.1. The highest BCUT2D eigenvalue weighted by atomic mass is 35.6. The fourth-order valence-corrected chi connectivity index (χ4v) is 2.97. The second kappa shape index (κ2) is 10.6. The number of methoxy groups -OCH3 is 1. The first-order valence-corrected chi connectivity index (χ1v) is 9.99. The van der Waals surface area contributed by atoms with Gasteiger partial charge in [-0.15, -0.1) is 0 Å². The molecule has 11 nitrogen and oxygen atoms in total. The van der Waals surface area contributed by atoms with Crippen LogP contribution in [0.1, 0.15) is 10.4 Å². The summed E-state index contributed by atoms with van der Waals surface area (Å²) in [4.78, 5) is 33.7. The quantitative estimate of drug-likeness (QED) is 0.162. The fourth-order valence-electron chi connectivity index (χ4n) is 2.42. The topological polar surface area (TPSA) is 149 Å². The lowest BCUT2D eigenvalue weighted by Crippen LogP contribution is -2.56. The number of ether oxygens (including phenoxy) is 1. The zero-order chi connectivity index (χ0) is 24.1. The summed E-state index contributed by atoms with van der Waals surface area (Å²) in [5, 5.41) is 29.6. The van der Waals surface area contributed by atoms with Crippen molar-refractivity contribution in [2.75, 3.05) is 12.4 Å². The van der Waals surface area contributed by atoms with E-state index in [1.165, 1.54) is 43.5 Å². The van der Waals surface area contributed by atoms with E-state index in [0.717, 1.165) is 6.07 Å². The number of hydrogen-bond acceptors (Lipinski definition) is 7. The molecule has 15 heteroatoms. The standard InChI is InChI=1S/C17H14Cl3N5O6S/c1-31-9-6-7-11(13(8-9)25(29)30)21-16(32)23-15(17(18,19)20)22-14(26)10-4-2-3-5-12(10)24(27)28/h2-8,15H,1H3,(H,22,26)(H2,21,23,32). The number of nitrogens with one attached hydrogen (secondary N) is 3. The summed E-state index contributed by atoms with van der Waals surface area (Å²) in [6, 6.07) is 9.16. The van der Waals surface area contributed by atoms with Crippen LogP contribution in [0.5, 0.6) is 5.75 Å². The minimum atomic E-state index is -2.16. The van der Waals surface area contributed by atoms with Gasteiger partial charge in [0.15, 0.2) is 5.11 Å². The number of carbonyl (C=O) groups is 1. The molecule has 0 radical (unpaired) electrons. The Balaban J connectivity index is 2.22. The first-order chi connectivity index (χ1) is 14.9. The second-order valence-corrected chi connectivity index (χ2v) is 8.74. The number of benzene rings is 2. The molecule has 170 valence electrons. The lowest BCUT2D eigenvalue weighted by Gasteiger charge is -2.27. The molecule has 0 saturated carbocycles. The van der Waals surface area contributed by atoms with Crippen molar-refractivity contribution in [1.82, 2.24) is 10.6 Å². The van der Waals surface area contributed by atoms with Crippen molar-refractivity contribution in [1.29, 1.82) is 0 Å². The Bertz CT molecular complexity index is 1070. The average molecular weight is 523 g/mol. The predicted octanol–water partition coefficient (Wildman–Crippen LogP) is 3.92. The Morgan fingerprint density at radius 1 is 1.06 bits per heavy atom. The predicted molar refractivity (Wildman–Crippen MR) is 124 cm³/mol. The lowest BCUT2D eigenvalue weighted by molar-refractivity contribution is -0.385. The summed E-state index contributed by atoms with van der Waals surface area (Å²) in [6.07, 6.45) is -1.46. The third kappa shape index (κ3) is 6.53. The number of nitro benzene ring substituents is 2. The van der Waals surface area contributed by atoms with Gasteiger partial charge >= 0.3 is 0 Å². The van der Waals surface area contributed by atoms with E-state index < -0.39 is 31.4 Å². The van der Waals surface area contributed by atoms with Crippen LogP contribution >= 0.6 is 47.0 Å². The number of carbonyl (C=O) groups excluding carboxylic acids is 1. The first-order valence-electron chi connectivity index (χ1n) is 8.45. The number of anilines is 1. The van der Waals surface area contributed by atoms with Crippen molar-refractivity contribution in [3.63, 3.8) is 0 Å². The van der Waals surface area contributed by atoms with Crippen LogP contribution < -0.4 is 20.7 Å². The third-order valence-corrected chi connectivity index (χ3v) is 4.75. The van der Waals surface area contributed by atoms with Gasteiger partial charge in [-0.2, -0.15) is 0 Å². The van der Waals surface area contributed by atoms with Gasteiger partial charge in [0.25, 0.3) is 17.3 Å². The van der Waals surface area contributed by atoms with E-state index in [9.17, 15) is 25.0 Å². The van der Waals surface area contributed by atoms with Gasteiger partial charge in [0.2, 0.25) is 3.79 Å². The maximum absolute atomic E-state index is 12.6. The maximum Gasteiger partial charge on any atom is 0.296 e. The van der Waals surface area contributed by atoms with Crippen molar-refractivity contribution in [3.05, 3.63) is 68.3 Å². The molecule has 0 fully saturated rings. The van der Waals surface area contributed by atoms with Crippen LogP contribution in [0.2, 0.25) is 0 Å². The summed E-state index contributed by atoms with van der Waals surface area (Å²) in [7, 11) is 1.35. The normalized spacial score (nSPS) is 11.8. The highest BCUT2D eigenvalue weighted by Crippen LogP contribution is 2.31. The molecule has 0 aliphatic heterocycles. The summed E-state index contributed by atoms with van der Waals surface area (Å²) >= 11 is 22.8. The Labute approximate surface area is 201 Å². The summed E-state index contributed by atoms with van der Waals surface area (Å²) in [5.74, 6) is -0.670. The Kier molecular flexibility index (Phi) is 8.38. The van der Waals surface area contributed by atoms with Crippen molar-refractivity contribution in [2.24, 2.45) is 0 Å². The van der Waals surface area contributed by atoms with Crippen LogP contribution in [0, 0.1) is 20.2 Å². The van der Waals surface area contributed by atoms with Crippen LogP contribution in [-0.2, 0) is 0 Å². The fraction of sp³-hybridized carbons (Fsp3) is 0.176. The molecule has 1 atom stereocenters. The van der Waals surface area contributed by atoms with Gasteiger partial charge in [-0.05, 0) is 30.4 Å². The summed E-state index contributed by atoms with van der Waals surface area (Å²) in [5.41, 5.74) is -1.07. The number of halogens is 3. The maximum atomic E-state index is 12.6. The van der Waals surface area contributed by atoms with Crippen LogP contribution in [0.3, 0.4) is 0 Å². The monoisotopic (exact) mass is 521 g/mol. The van der Waals surface area contributed by atoms with Gasteiger partial charge < -0.3 is 20.7 Å². The molecule has 0 bridgehead atoms. The Hall–Kier alpha value is -2.93. The zero-order valence-electron chi connectivity index (χ0n) is 16.0. The Morgan fingerprint density at radius 2 is 1.69 bits per heavy atom. The molecule has 0 saturated heterocycles. The highest BCUT2D eigenvalue weighted by molar-refractivity contribution is 7.80. The third-order valence-electron chi connectivity index (χ3n) is 3.87. The van der Waals surface area contributed by atoms with E-state index in [1.54, 1.807) is 0 Å². The second-order valence-electron chi connectivity index (χ2n) is 5.96. The van der Waals surface area contributed by atoms with E-state index in [2.05, 4.69) is 16.0 Å². The van der Waals surface area contributed by atoms with E-state index in [0.29, 0.717) is 0 Å². The van der Waals surface area contributed by atoms with E-state index in [-0.39, 0.29) is 27.8 Å². The molecule has 0 spiro atoms. The molecule has 2 rings (SSSR count). The SMILES string of the molecule is COc1ccc(NC(=S)NC(NC(=O)c2ccccc2[N+](=O)[O-])C(Cl)(Cl)Cl)c([N+](=O)[O-])c1. The number of nitro groups is 2. The van der Waals surface area contributed by atoms with E-state index in [4.69, 9.17) is 51.8 Å². The molecule has 0 heterocycles. The number of para-hydroxylation sites is 1. The van der Waals surface area contributed by atoms with Crippen LogP contribution in [0.4, 0.5) is 17.1 Å². The smallest absolute Gasteiger partial charge is 0.296 e. The molecule has 2 aromatic carbocycles. The molecule has 32 heavy (non-hydrogen) atoms. The van der Waals surface area contributed by atoms with Gasteiger partial charge in [-0.1, -0.05) is 46.9 Å². The number of hydrogen-bond donors (Lipinski definition) is 3. The van der Waals surface area contributed by atoms with Crippen molar-refractivity contribution in [2.45, 2.75) is 9.96 Å². The number of alkyl halides is 3. The van der Waals surface area contributed by atoms with Crippen molar-refractivity contribution < 1.29 is 19.4 Å². The van der Waals surface area contributed by atoms with Gasteiger partial charge in [-0.25, -0.2) is 0 Å². The molecule has 0 aromatic heterocycles. The van der Waals surface area contributed by atoms with Crippen molar-refractivity contribution >= 4 is 75.1 Å². The van der Waals surface area contributed by atoms with Crippen LogP contribution in [0.25, 0.3) is 0 Å². The van der Waals surface area contributed by atoms with E-state index in [1.807, 2.05) is 0 Å². The van der Waals surface area contributed by atoms with Crippen LogP contribution in [0.15, 0.2) is 42.5 Å². The van der Waals surface area contributed by atoms with Gasteiger partial charge in [-0.3, -0.25) is 25.0 Å². The molecular formula is C17H14Cl3N5O6S. The molecule has 1 amide bonds. The summed E-state index contributed by atoms with van der Waals surface area (Å²) in [6.45, 7) is 0. The Morgan fingerprint density at radius 3 is 2.25 bits per heavy atom. The summed E-state index contributed by atoms with van der Waals surface area (Å²) < 4.78 is 2.80. The molecule has 2 aromatic rings. The molecular weight excluding hydrogens is 509 g/mol. The van der Waals surface area contributed by atoms with E-state index >= 15 is 0 Å². The average Bonchev–Trinajstić information content (AvgIpc) is 2.72. The lowest BCUT2D eigenvalue weighted by atomic mass is 10.1. The number of nitrogens with zero attached hydrogens (tertiary/aromatic N) is 2. The molecule has 3 N–H and O–H groups in total. The molecule has 1 unspecified atom stereocenters. The first kappa shape index (κ1) is 25.3. The van der Waals surface area contributed by atoms with Gasteiger partial charge in [0.1, 0.15) is 23.2 Å². The minimum absolute atomic E-state index is 0.00129. The van der Waals surface area contributed by atoms with Crippen LogP contribution in [-0.4, -0.2) is 37.9 Å².